The second-order valence-corrected chi connectivity index (χ2v) is 5.10. The molecule has 0 aromatic heterocycles. The van der Waals surface area contributed by atoms with Crippen LogP contribution in [0.15, 0.2) is 24.3 Å². The van der Waals surface area contributed by atoms with E-state index in [2.05, 4.69) is 36.2 Å². The molecule has 0 saturated heterocycles. The minimum atomic E-state index is 0.713. The molecule has 0 fully saturated rings. The number of likely N-dealkylation sites (N-methyl/N-ethyl adjacent to an activating group) is 1. The first-order valence-electron chi connectivity index (χ1n) is 7.93. The molecule has 1 aromatic carbocycles. The Morgan fingerprint density at radius 3 is 2.38 bits per heavy atom. The Kier molecular flexibility index (Phi) is 9.87. The summed E-state index contributed by atoms with van der Waals surface area (Å²) in [5.74, 6) is 0.942. The second-order valence-electron chi connectivity index (χ2n) is 5.10. The summed E-state index contributed by atoms with van der Waals surface area (Å²) >= 11 is 0. The third-order valence-electron chi connectivity index (χ3n) is 3.41. The van der Waals surface area contributed by atoms with Crippen molar-refractivity contribution in [2.75, 3.05) is 46.5 Å². The molecule has 21 heavy (non-hydrogen) atoms. The van der Waals surface area contributed by atoms with Crippen LogP contribution in [0.3, 0.4) is 0 Å². The Balaban J connectivity index is 2.25. The molecule has 0 spiro atoms. The molecule has 0 aliphatic rings. The lowest BCUT2D eigenvalue weighted by Gasteiger charge is -2.19. The van der Waals surface area contributed by atoms with Crippen molar-refractivity contribution in [3.05, 3.63) is 29.8 Å². The SMILES string of the molecule is CCCNCc1ccc(OCCN(CC)CCOC)cc1. The lowest BCUT2D eigenvalue weighted by Crippen LogP contribution is -2.31. The number of rotatable bonds is 12. The van der Waals surface area contributed by atoms with E-state index in [4.69, 9.17) is 9.47 Å². The highest BCUT2D eigenvalue weighted by atomic mass is 16.5. The summed E-state index contributed by atoms with van der Waals surface area (Å²) in [7, 11) is 1.74. The van der Waals surface area contributed by atoms with E-state index in [0.29, 0.717) is 6.61 Å². The maximum Gasteiger partial charge on any atom is 0.119 e. The van der Waals surface area contributed by atoms with Gasteiger partial charge < -0.3 is 14.8 Å². The van der Waals surface area contributed by atoms with Gasteiger partial charge in [0.15, 0.2) is 0 Å². The normalized spacial score (nSPS) is 11.0. The smallest absolute Gasteiger partial charge is 0.119 e. The van der Waals surface area contributed by atoms with E-state index in [1.165, 1.54) is 5.56 Å². The largest absolute Gasteiger partial charge is 0.492 e. The fourth-order valence-corrected chi connectivity index (χ4v) is 2.05. The second kappa shape index (κ2) is 11.5. The summed E-state index contributed by atoms with van der Waals surface area (Å²) in [6.07, 6.45) is 1.16. The zero-order valence-corrected chi connectivity index (χ0v) is 13.7. The summed E-state index contributed by atoms with van der Waals surface area (Å²) in [6, 6.07) is 8.35. The molecule has 4 heteroatoms. The molecular weight excluding hydrogens is 264 g/mol. The lowest BCUT2D eigenvalue weighted by molar-refractivity contribution is 0.138. The lowest BCUT2D eigenvalue weighted by atomic mass is 10.2. The third-order valence-corrected chi connectivity index (χ3v) is 3.41. The van der Waals surface area contributed by atoms with E-state index in [9.17, 15) is 0 Å². The third kappa shape index (κ3) is 8.05. The van der Waals surface area contributed by atoms with Crippen molar-refractivity contribution in [2.24, 2.45) is 0 Å². The van der Waals surface area contributed by atoms with Gasteiger partial charge in [-0.25, -0.2) is 0 Å². The van der Waals surface area contributed by atoms with Gasteiger partial charge >= 0.3 is 0 Å². The molecule has 1 aromatic rings. The van der Waals surface area contributed by atoms with Gasteiger partial charge in [-0.2, -0.15) is 0 Å². The van der Waals surface area contributed by atoms with Crippen LogP contribution in [0, 0.1) is 0 Å². The van der Waals surface area contributed by atoms with Crippen LogP contribution in [0.5, 0.6) is 5.75 Å². The minimum Gasteiger partial charge on any atom is -0.492 e. The van der Waals surface area contributed by atoms with Crippen LogP contribution >= 0.6 is 0 Å². The Morgan fingerprint density at radius 1 is 1.05 bits per heavy atom. The van der Waals surface area contributed by atoms with Crippen LogP contribution in [0.4, 0.5) is 0 Å². The van der Waals surface area contributed by atoms with E-state index in [1.807, 2.05) is 12.1 Å². The Hall–Kier alpha value is -1.10. The van der Waals surface area contributed by atoms with E-state index in [1.54, 1.807) is 7.11 Å². The number of hydrogen-bond donors (Lipinski definition) is 1. The molecule has 0 unspecified atom stereocenters. The first kappa shape index (κ1) is 18.0. The number of nitrogens with one attached hydrogen (secondary N) is 1. The molecule has 0 heterocycles. The van der Waals surface area contributed by atoms with Crippen LogP contribution in [-0.2, 0) is 11.3 Å². The Bertz CT molecular complexity index is 354. The van der Waals surface area contributed by atoms with Crippen molar-refractivity contribution in [3.63, 3.8) is 0 Å². The summed E-state index contributed by atoms with van der Waals surface area (Å²) in [5.41, 5.74) is 1.30. The maximum atomic E-state index is 5.80. The van der Waals surface area contributed by atoms with Crippen LogP contribution in [0.25, 0.3) is 0 Å². The predicted molar refractivity (Wildman–Crippen MR) is 87.9 cm³/mol. The zero-order chi connectivity index (χ0) is 15.3. The van der Waals surface area contributed by atoms with Crippen LogP contribution < -0.4 is 10.1 Å². The van der Waals surface area contributed by atoms with Gasteiger partial charge in [0, 0.05) is 26.7 Å². The van der Waals surface area contributed by atoms with Crippen molar-refractivity contribution in [1.29, 1.82) is 0 Å². The summed E-state index contributed by atoms with van der Waals surface area (Å²) in [6.45, 7) is 10.7. The standard InChI is InChI=1S/C17H30N2O2/c1-4-10-18-15-16-6-8-17(9-7-16)21-14-12-19(5-2)11-13-20-3/h6-9,18H,4-5,10-15H2,1-3H3. The molecule has 4 nitrogen and oxygen atoms in total. The molecule has 1 N–H and O–H groups in total. The molecule has 0 radical (unpaired) electrons. The van der Waals surface area contributed by atoms with Gasteiger partial charge in [-0.15, -0.1) is 0 Å². The van der Waals surface area contributed by atoms with Crippen molar-refractivity contribution >= 4 is 0 Å². The number of hydrogen-bond acceptors (Lipinski definition) is 4. The van der Waals surface area contributed by atoms with Gasteiger partial charge in [-0.05, 0) is 37.2 Å². The van der Waals surface area contributed by atoms with Crippen LogP contribution in [0.2, 0.25) is 0 Å². The highest BCUT2D eigenvalue weighted by molar-refractivity contribution is 5.27. The van der Waals surface area contributed by atoms with Crippen molar-refractivity contribution in [1.82, 2.24) is 10.2 Å². The topological polar surface area (TPSA) is 33.7 Å². The number of nitrogens with zero attached hydrogens (tertiary/aromatic N) is 1. The monoisotopic (exact) mass is 294 g/mol. The van der Waals surface area contributed by atoms with Crippen LogP contribution in [0.1, 0.15) is 25.8 Å². The van der Waals surface area contributed by atoms with Gasteiger partial charge in [-0.1, -0.05) is 26.0 Å². The molecule has 0 bridgehead atoms. The van der Waals surface area contributed by atoms with Gasteiger partial charge in [0.2, 0.25) is 0 Å². The van der Waals surface area contributed by atoms with Gasteiger partial charge in [0.25, 0.3) is 0 Å². The Morgan fingerprint density at radius 2 is 1.76 bits per heavy atom. The molecule has 0 saturated carbocycles. The zero-order valence-electron chi connectivity index (χ0n) is 13.7. The average Bonchev–Trinajstić information content (AvgIpc) is 2.52. The first-order valence-corrected chi connectivity index (χ1v) is 7.93. The maximum absolute atomic E-state index is 5.80. The average molecular weight is 294 g/mol. The summed E-state index contributed by atoms with van der Waals surface area (Å²) in [4.78, 5) is 2.33. The summed E-state index contributed by atoms with van der Waals surface area (Å²) in [5, 5.41) is 3.40. The fourth-order valence-electron chi connectivity index (χ4n) is 2.05. The van der Waals surface area contributed by atoms with Crippen molar-refractivity contribution < 1.29 is 9.47 Å². The van der Waals surface area contributed by atoms with Gasteiger partial charge in [0.05, 0.1) is 6.61 Å². The number of ether oxygens (including phenoxy) is 2. The van der Waals surface area contributed by atoms with E-state index in [0.717, 1.165) is 51.5 Å². The van der Waals surface area contributed by atoms with E-state index in [-0.39, 0.29) is 0 Å². The molecule has 1 rings (SSSR count). The highest BCUT2D eigenvalue weighted by Gasteiger charge is 2.02. The highest BCUT2D eigenvalue weighted by Crippen LogP contribution is 2.12. The molecule has 0 amide bonds. The van der Waals surface area contributed by atoms with E-state index < -0.39 is 0 Å². The number of benzene rings is 1. The summed E-state index contributed by atoms with van der Waals surface area (Å²) < 4.78 is 10.9. The molecule has 0 atom stereocenters. The molecule has 120 valence electrons. The van der Waals surface area contributed by atoms with Crippen molar-refractivity contribution in [3.8, 4) is 5.75 Å². The fraction of sp³-hybridized carbons (Fsp3) is 0.647. The minimum absolute atomic E-state index is 0.713. The predicted octanol–water partition coefficient (Wildman–Crippen LogP) is 2.53. The first-order chi connectivity index (χ1) is 10.3. The van der Waals surface area contributed by atoms with E-state index >= 15 is 0 Å². The van der Waals surface area contributed by atoms with Gasteiger partial charge in [-0.3, -0.25) is 4.90 Å². The molecular formula is C17H30N2O2. The quantitative estimate of drug-likeness (QED) is 0.601. The van der Waals surface area contributed by atoms with Crippen LogP contribution in [-0.4, -0.2) is 51.4 Å². The van der Waals surface area contributed by atoms with Crippen molar-refractivity contribution in [2.45, 2.75) is 26.8 Å². The molecule has 0 aliphatic heterocycles. The Labute approximate surface area is 129 Å². The van der Waals surface area contributed by atoms with Gasteiger partial charge in [0.1, 0.15) is 12.4 Å². The number of methoxy groups -OCH3 is 1. The molecule has 0 aliphatic carbocycles.